The summed E-state index contributed by atoms with van der Waals surface area (Å²) in [5.41, 5.74) is 4.43. The molecule has 0 fully saturated rings. The molecule has 0 saturated carbocycles. The van der Waals surface area contributed by atoms with Crippen molar-refractivity contribution in [1.29, 1.82) is 0 Å². The van der Waals surface area contributed by atoms with Gasteiger partial charge in [0, 0.05) is 23.7 Å². The molecule has 0 aliphatic rings. The van der Waals surface area contributed by atoms with Crippen LogP contribution < -0.4 is 16.1 Å². The summed E-state index contributed by atoms with van der Waals surface area (Å²) < 4.78 is 0. The van der Waals surface area contributed by atoms with Gasteiger partial charge in [-0.1, -0.05) is 6.92 Å². The van der Waals surface area contributed by atoms with Crippen LogP contribution in [0, 0.1) is 0 Å². The predicted molar refractivity (Wildman–Crippen MR) is 97.9 cm³/mol. The number of phenols is 1. The number of carbonyl (C=O) groups is 1. The average Bonchev–Trinajstić information content (AvgIpc) is 2.46. The lowest BCUT2D eigenvalue weighted by molar-refractivity contribution is -0.116. The molecule has 0 heterocycles. The van der Waals surface area contributed by atoms with E-state index in [1.165, 1.54) is 6.07 Å². The lowest BCUT2D eigenvalue weighted by Crippen LogP contribution is -2.37. The largest absolute Gasteiger partial charge is 0.507 e. The van der Waals surface area contributed by atoms with E-state index in [-0.39, 0.29) is 17.7 Å². The van der Waals surface area contributed by atoms with Gasteiger partial charge in [0.25, 0.3) is 0 Å². The van der Waals surface area contributed by atoms with Crippen LogP contribution in [0.2, 0.25) is 0 Å². The summed E-state index contributed by atoms with van der Waals surface area (Å²) >= 11 is 5.09. The zero-order chi connectivity index (χ0) is 17.4. The first kappa shape index (κ1) is 18.9. The molecule has 6 nitrogen and oxygen atoms in total. The molecule has 0 atom stereocenters. The summed E-state index contributed by atoms with van der Waals surface area (Å²) in [7, 11) is 0. The maximum atomic E-state index is 11.7. The van der Waals surface area contributed by atoms with Crippen LogP contribution in [0.5, 0.6) is 5.75 Å². The molecule has 1 rings (SSSR count). The van der Waals surface area contributed by atoms with Gasteiger partial charge in [0.1, 0.15) is 5.75 Å². The maximum absolute atomic E-state index is 11.7. The molecule has 4 N–H and O–H groups in total. The van der Waals surface area contributed by atoms with E-state index in [1.807, 2.05) is 20.8 Å². The van der Waals surface area contributed by atoms with Gasteiger partial charge in [0.2, 0.25) is 5.91 Å². The summed E-state index contributed by atoms with van der Waals surface area (Å²) in [6.45, 7) is 7.63. The first-order valence-electron chi connectivity index (χ1n) is 7.57. The van der Waals surface area contributed by atoms with Crippen molar-refractivity contribution in [1.82, 2.24) is 10.7 Å². The second-order valence-corrected chi connectivity index (χ2v) is 5.88. The van der Waals surface area contributed by atoms with Crippen molar-refractivity contribution in [3.05, 3.63) is 23.8 Å². The fourth-order valence-corrected chi connectivity index (χ4v) is 2.12. The van der Waals surface area contributed by atoms with Crippen molar-refractivity contribution in [3.8, 4) is 5.75 Å². The first-order chi connectivity index (χ1) is 10.8. The Labute approximate surface area is 142 Å². The fourth-order valence-electron chi connectivity index (χ4n) is 1.84. The lowest BCUT2D eigenvalue weighted by Gasteiger charge is -2.12. The van der Waals surface area contributed by atoms with Crippen molar-refractivity contribution >= 4 is 34.6 Å². The number of nitrogens with zero attached hydrogens (tertiary/aromatic N) is 1. The van der Waals surface area contributed by atoms with E-state index < -0.39 is 0 Å². The Kier molecular flexibility index (Phi) is 7.47. The third-order valence-electron chi connectivity index (χ3n) is 2.89. The van der Waals surface area contributed by atoms with Gasteiger partial charge < -0.3 is 15.7 Å². The monoisotopic (exact) mass is 336 g/mol. The molecule has 1 aromatic carbocycles. The van der Waals surface area contributed by atoms with Crippen molar-refractivity contribution in [2.24, 2.45) is 5.10 Å². The van der Waals surface area contributed by atoms with Gasteiger partial charge in [0.05, 0.1) is 5.71 Å². The molecule has 0 aliphatic heterocycles. The van der Waals surface area contributed by atoms with E-state index in [4.69, 9.17) is 12.2 Å². The Morgan fingerprint density at radius 2 is 2.09 bits per heavy atom. The molecule has 126 valence electrons. The number of anilines is 1. The van der Waals surface area contributed by atoms with Gasteiger partial charge in [-0.15, -0.1) is 0 Å². The number of hydrazone groups is 1. The summed E-state index contributed by atoms with van der Waals surface area (Å²) in [5, 5.41) is 20.3. The van der Waals surface area contributed by atoms with E-state index in [2.05, 4.69) is 21.2 Å². The molecule has 7 heteroatoms. The van der Waals surface area contributed by atoms with E-state index in [0.717, 1.165) is 6.42 Å². The predicted octanol–water partition coefficient (Wildman–Crippen LogP) is 2.73. The number of carbonyl (C=O) groups excluding carboxylic acids is 1. The fraction of sp³-hybridized carbons (Fsp3) is 0.438. The van der Waals surface area contributed by atoms with Crippen LogP contribution in [-0.4, -0.2) is 27.9 Å². The zero-order valence-corrected chi connectivity index (χ0v) is 14.8. The van der Waals surface area contributed by atoms with Crippen LogP contribution in [-0.2, 0) is 4.79 Å². The topological polar surface area (TPSA) is 85.8 Å². The van der Waals surface area contributed by atoms with Crippen molar-refractivity contribution < 1.29 is 9.90 Å². The SMILES string of the molecule is CCCC(=O)Nc1ccc(O)c(/C(C)=N/NC(=S)NC(C)C)c1. The van der Waals surface area contributed by atoms with Crippen LogP contribution in [0.25, 0.3) is 0 Å². The molecule has 0 spiro atoms. The summed E-state index contributed by atoms with van der Waals surface area (Å²) in [6.07, 6.45) is 1.24. The number of phenolic OH excluding ortho intramolecular Hbond substituents is 1. The number of benzene rings is 1. The molecule has 0 aromatic heterocycles. The van der Waals surface area contributed by atoms with Gasteiger partial charge in [-0.05, 0) is 57.6 Å². The molecular formula is C16H24N4O2S. The van der Waals surface area contributed by atoms with Crippen LogP contribution in [0.4, 0.5) is 5.69 Å². The zero-order valence-electron chi connectivity index (χ0n) is 13.9. The van der Waals surface area contributed by atoms with Gasteiger partial charge in [0.15, 0.2) is 5.11 Å². The van der Waals surface area contributed by atoms with Crippen LogP contribution in [0.3, 0.4) is 0 Å². The van der Waals surface area contributed by atoms with E-state index in [1.54, 1.807) is 19.1 Å². The van der Waals surface area contributed by atoms with Crippen molar-refractivity contribution in [3.63, 3.8) is 0 Å². The van der Waals surface area contributed by atoms with Gasteiger partial charge in [-0.2, -0.15) is 5.10 Å². The maximum Gasteiger partial charge on any atom is 0.224 e. The molecular weight excluding hydrogens is 312 g/mol. The number of nitrogens with one attached hydrogen (secondary N) is 3. The third-order valence-corrected chi connectivity index (χ3v) is 3.10. The van der Waals surface area contributed by atoms with Crippen LogP contribution >= 0.6 is 12.2 Å². The van der Waals surface area contributed by atoms with Crippen LogP contribution in [0.15, 0.2) is 23.3 Å². The minimum Gasteiger partial charge on any atom is -0.507 e. The molecule has 23 heavy (non-hydrogen) atoms. The average molecular weight is 336 g/mol. The highest BCUT2D eigenvalue weighted by atomic mass is 32.1. The molecule has 0 bridgehead atoms. The number of thiocarbonyl (C=S) groups is 1. The Bertz CT molecular complexity index is 600. The van der Waals surface area contributed by atoms with Crippen LogP contribution in [0.1, 0.15) is 46.1 Å². The number of rotatable bonds is 6. The molecule has 1 aromatic rings. The van der Waals surface area contributed by atoms with E-state index in [9.17, 15) is 9.90 Å². The molecule has 0 aliphatic carbocycles. The number of hydrogen-bond acceptors (Lipinski definition) is 4. The minimum absolute atomic E-state index is 0.0563. The molecule has 0 unspecified atom stereocenters. The first-order valence-corrected chi connectivity index (χ1v) is 7.98. The number of amides is 1. The second-order valence-electron chi connectivity index (χ2n) is 5.47. The highest BCUT2D eigenvalue weighted by Gasteiger charge is 2.08. The normalized spacial score (nSPS) is 11.3. The summed E-state index contributed by atoms with van der Waals surface area (Å²) in [5.74, 6) is 0.0310. The van der Waals surface area contributed by atoms with E-state index >= 15 is 0 Å². The molecule has 0 radical (unpaired) electrons. The third kappa shape index (κ3) is 6.65. The molecule has 0 saturated heterocycles. The Hall–Kier alpha value is -2.15. The summed E-state index contributed by atoms with van der Waals surface area (Å²) in [6, 6.07) is 5.07. The Morgan fingerprint density at radius 1 is 1.39 bits per heavy atom. The van der Waals surface area contributed by atoms with E-state index in [0.29, 0.717) is 28.5 Å². The van der Waals surface area contributed by atoms with Crippen molar-refractivity contribution in [2.75, 3.05) is 5.32 Å². The Morgan fingerprint density at radius 3 is 2.70 bits per heavy atom. The minimum atomic E-state index is -0.0563. The highest BCUT2D eigenvalue weighted by Crippen LogP contribution is 2.22. The standard InChI is InChI=1S/C16H24N4O2S/c1-5-6-15(22)18-12-7-8-14(21)13(9-12)11(4)19-20-16(23)17-10(2)3/h7-10,21H,5-6H2,1-4H3,(H,18,22)(H2,17,20,23)/b19-11+. The second kappa shape index (κ2) is 9.09. The quantitative estimate of drug-likeness (QED) is 0.278. The summed E-state index contributed by atoms with van der Waals surface area (Å²) in [4.78, 5) is 11.7. The molecule has 1 amide bonds. The lowest BCUT2D eigenvalue weighted by atomic mass is 10.1. The number of aromatic hydroxyl groups is 1. The van der Waals surface area contributed by atoms with Gasteiger partial charge in [-0.25, -0.2) is 0 Å². The Balaban J connectivity index is 2.85. The van der Waals surface area contributed by atoms with Gasteiger partial charge in [-0.3, -0.25) is 10.2 Å². The van der Waals surface area contributed by atoms with Gasteiger partial charge >= 0.3 is 0 Å². The highest BCUT2D eigenvalue weighted by molar-refractivity contribution is 7.80. The van der Waals surface area contributed by atoms with Crippen molar-refractivity contribution in [2.45, 2.75) is 46.6 Å². The smallest absolute Gasteiger partial charge is 0.224 e. The number of hydrogen-bond donors (Lipinski definition) is 4.